The Hall–Kier alpha value is -1.84. The summed E-state index contributed by atoms with van der Waals surface area (Å²) in [7, 11) is 0. The number of hydrogen-bond acceptors (Lipinski definition) is 3. The van der Waals surface area contributed by atoms with Crippen LogP contribution in [-0.4, -0.2) is 10.5 Å². The molecule has 1 unspecified atom stereocenters. The third-order valence-electron chi connectivity index (χ3n) is 3.00. The standard InChI is InChI=1S/C16H23NO3/c1-12(13(2)20-16(3,4)5)6-7-14-8-10-15(11-9-14)17(18)19/h8-12H,2,6-7H2,1,3-5H3. The SMILES string of the molecule is C=C(OC(C)(C)C)C(C)CCc1ccc([N+](=O)[O-])cc1. The summed E-state index contributed by atoms with van der Waals surface area (Å²) < 4.78 is 5.75. The van der Waals surface area contributed by atoms with Crippen LogP contribution in [0, 0.1) is 16.0 Å². The van der Waals surface area contributed by atoms with Crippen molar-refractivity contribution in [2.45, 2.75) is 46.1 Å². The molecule has 0 saturated heterocycles. The predicted molar refractivity (Wildman–Crippen MR) is 80.6 cm³/mol. The molecule has 1 aromatic carbocycles. The topological polar surface area (TPSA) is 52.4 Å². The van der Waals surface area contributed by atoms with Gasteiger partial charge in [0.25, 0.3) is 5.69 Å². The van der Waals surface area contributed by atoms with Crippen LogP contribution in [0.3, 0.4) is 0 Å². The molecule has 0 spiro atoms. The minimum absolute atomic E-state index is 0.127. The molecule has 0 aliphatic heterocycles. The maximum atomic E-state index is 10.6. The zero-order valence-electron chi connectivity index (χ0n) is 12.7. The fourth-order valence-corrected chi connectivity index (χ4v) is 1.82. The van der Waals surface area contributed by atoms with Crippen molar-refractivity contribution in [2.24, 2.45) is 5.92 Å². The fraction of sp³-hybridized carbons (Fsp3) is 0.500. The van der Waals surface area contributed by atoms with E-state index in [1.54, 1.807) is 24.3 Å². The molecule has 0 aliphatic rings. The Labute approximate surface area is 120 Å². The Kier molecular flexibility index (Phi) is 5.31. The second kappa shape index (κ2) is 6.55. The highest BCUT2D eigenvalue weighted by Crippen LogP contribution is 2.23. The summed E-state index contributed by atoms with van der Waals surface area (Å²) in [6, 6.07) is 6.69. The third kappa shape index (κ3) is 5.43. The Morgan fingerprint density at radius 3 is 2.35 bits per heavy atom. The first-order valence-electron chi connectivity index (χ1n) is 6.80. The molecule has 1 aromatic rings. The van der Waals surface area contributed by atoms with E-state index >= 15 is 0 Å². The molecular formula is C16H23NO3. The minimum Gasteiger partial charge on any atom is -0.493 e. The van der Waals surface area contributed by atoms with E-state index in [1.165, 1.54) is 0 Å². The smallest absolute Gasteiger partial charge is 0.269 e. The zero-order chi connectivity index (χ0) is 15.3. The molecule has 0 heterocycles. The van der Waals surface area contributed by atoms with Gasteiger partial charge in [-0.05, 0) is 39.2 Å². The number of nitrogens with zero attached hydrogens (tertiary/aromatic N) is 1. The van der Waals surface area contributed by atoms with Crippen LogP contribution in [0.15, 0.2) is 36.6 Å². The van der Waals surface area contributed by atoms with Crippen LogP contribution in [-0.2, 0) is 11.2 Å². The zero-order valence-corrected chi connectivity index (χ0v) is 12.7. The van der Waals surface area contributed by atoms with Crippen molar-refractivity contribution in [3.8, 4) is 0 Å². The van der Waals surface area contributed by atoms with E-state index in [9.17, 15) is 10.1 Å². The van der Waals surface area contributed by atoms with Crippen LogP contribution < -0.4 is 0 Å². The lowest BCUT2D eigenvalue weighted by Gasteiger charge is -2.26. The first-order valence-corrected chi connectivity index (χ1v) is 6.80. The maximum Gasteiger partial charge on any atom is 0.269 e. The van der Waals surface area contributed by atoms with Gasteiger partial charge in [-0.25, -0.2) is 0 Å². The second-order valence-corrected chi connectivity index (χ2v) is 6.04. The van der Waals surface area contributed by atoms with Gasteiger partial charge in [-0.15, -0.1) is 0 Å². The predicted octanol–water partition coefficient (Wildman–Crippen LogP) is 4.49. The molecule has 4 nitrogen and oxygen atoms in total. The van der Waals surface area contributed by atoms with Gasteiger partial charge in [0, 0.05) is 18.1 Å². The molecule has 4 heteroatoms. The van der Waals surface area contributed by atoms with Gasteiger partial charge in [-0.2, -0.15) is 0 Å². The number of non-ortho nitro benzene ring substituents is 1. The van der Waals surface area contributed by atoms with Crippen molar-refractivity contribution in [1.82, 2.24) is 0 Å². The molecule has 0 bridgehead atoms. The number of nitro groups is 1. The summed E-state index contributed by atoms with van der Waals surface area (Å²) in [6.07, 6.45) is 1.76. The largest absolute Gasteiger partial charge is 0.493 e. The molecule has 1 atom stereocenters. The number of nitro benzene ring substituents is 1. The normalized spacial score (nSPS) is 12.8. The van der Waals surface area contributed by atoms with E-state index < -0.39 is 0 Å². The Morgan fingerprint density at radius 2 is 1.90 bits per heavy atom. The van der Waals surface area contributed by atoms with E-state index in [0.717, 1.165) is 24.2 Å². The lowest BCUT2D eigenvalue weighted by atomic mass is 9.99. The first-order chi connectivity index (χ1) is 9.19. The molecule has 20 heavy (non-hydrogen) atoms. The Balaban J connectivity index is 2.50. The molecule has 0 saturated carbocycles. The van der Waals surface area contributed by atoms with Gasteiger partial charge in [0.05, 0.1) is 10.7 Å². The molecular weight excluding hydrogens is 254 g/mol. The van der Waals surface area contributed by atoms with Crippen LogP contribution >= 0.6 is 0 Å². The van der Waals surface area contributed by atoms with Crippen LogP contribution in [0.4, 0.5) is 5.69 Å². The number of benzene rings is 1. The Morgan fingerprint density at radius 1 is 1.35 bits per heavy atom. The number of rotatable bonds is 6. The van der Waals surface area contributed by atoms with Gasteiger partial charge in [-0.3, -0.25) is 10.1 Å². The molecule has 0 aromatic heterocycles. The van der Waals surface area contributed by atoms with E-state index in [0.29, 0.717) is 0 Å². The quantitative estimate of drug-likeness (QED) is 0.437. The summed E-state index contributed by atoms with van der Waals surface area (Å²) in [4.78, 5) is 10.2. The van der Waals surface area contributed by atoms with Crippen LogP contribution in [0.1, 0.15) is 39.7 Å². The summed E-state index contributed by atoms with van der Waals surface area (Å²) in [5.41, 5.74) is 0.992. The summed E-state index contributed by atoms with van der Waals surface area (Å²) in [5, 5.41) is 10.6. The van der Waals surface area contributed by atoms with Crippen LogP contribution in [0.5, 0.6) is 0 Å². The summed E-state index contributed by atoms with van der Waals surface area (Å²) in [5.74, 6) is 1.05. The number of aryl methyl sites for hydroxylation is 1. The number of hydrogen-bond donors (Lipinski definition) is 0. The van der Waals surface area contributed by atoms with Crippen molar-refractivity contribution in [3.63, 3.8) is 0 Å². The molecule has 0 amide bonds. The van der Waals surface area contributed by atoms with Gasteiger partial charge < -0.3 is 4.74 Å². The van der Waals surface area contributed by atoms with Gasteiger partial charge in [0.2, 0.25) is 0 Å². The number of allylic oxidation sites excluding steroid dienone is 1. The van der Waals surface area contributed by atoms with Gasteiger partial charge in [0.1, 0.15) is 5.60 Å². The first kappa shape index (κ1) is 16.2. The Bertz CT molecular complexity index is 471. The van der Waals surface area contributed by atoms with Crippen molar-refractivity contribution >= 4 is 5.69 Å². The highest BCUT2D eigenvalue weighted by molar-refractivity contribution is 5.32. The van der Waals surface area contributed by atoms with Crippen molar-refractivity contribution in [3.05, 3.63) is 52.3 Å². The summed E-state index contributed by atoms with van der Waals surface area (Å²) in [6.45, 7) is 12.1. The molecule has 0 N–H and O–H groups in total. The average Bonchev–Trinajstić information content (AvgIpc) is 2.34. The lowest BCUT2D eigenvalue weighted by molar-refractivity contribution is -0.384. The summed E-state index contributed by atoms with van der Waals surface area (Å²) >= 11 is 0. The van der Waals surface area contributed by atoms with Crippen molar-refractivity contribution < 1.29 is 9.66 Å². The monoisotopic (exact) mass is 277 g/mol. The average molecular weight is 277 g/mol. The molecule has 1 rings (SSSR count). The van der Waals surface area contributed by atoms with Crippen molar-refractivity contribution in [2.75, 3.05) is 0 Å². The van der Waals surface area contributed by atoms with Gasteiger partial charge >= 0.3 is 0 Å². The minimum atomic E-state index is -0.384. The van der Waals surface area contributed by atoms with E-state index in [-0.39, 0.29) is 22.1 Å². The van der Waals surface area contributed by atoms with Gasteiger partial charge in [0.15, 0.2) is 0 Å². The highest BCUT2D eigenvalue weighted by atomic mass is 16.6. The molecule has 0 fully saturated rings. The fourth-order valence-electron chi connectivity index (χ4n) is 1.82. The van der Waals surface area contributed by atoms with E-state index in [2.05, 4.69) is 13.5 Å². The maximum absolute atomic E-state index is 10.6. The third-order valence-corrected chi connectivity index (χ3v) is 3.00. The highest BCUT2D eigenvalue weighted by Gasteiger charge is 2.16. The van der Waals surface area contributed by atoms with Crippen LogP contribution in [0.2, 0.25) is 0 Å². The van der Waals surface area contributed by atoms with E-state index in [4.69, 9.17) is 4.74 Å². The van der Waals surface area contributed by atoms with Crippen molar-refractivity contribution in [1.29, 1.82) is 0 Å². The second-order valence-electron chi connectivity index (χ2n) is 6.04. The molecule has 0 aliphatic carbocycles. The van der Waals surface area contributed by atoms with E-state index in [1.807, 2.05) is 20.8 Å². The number of ether oxygens (including phenoxy) is 1. The van der Waals surface area contributed by atoms with Crippen LogP contribution in [0.25, 0.3) is 0 Å². The lowest BCUT2D eigenvalue weighted by Crippen LogP contribution is -2.21. The van der Waals surface area contributed by atoms with Gasteiger partial charge in [-0.1, -0.05) is 25.6 Å². The molecule has 110 valence electrons. The molecule has 0 radical (unpaired) electrons.